The number of rotatable bonds is 2. The molecule has 0 spiro atoms. The monoisotopic (exact) mass is 303 g/mol. The van der Waals surface area contributed by atoms with Gasteiger partial charge in [-0.05, 0) is 24.3 Å². The maximum atomic E-state index is 13.3. The van der Waals surface area contributed by atoms with E-state index in [2.05, 4.69) is 0 Å². The van der Waals surface area contributed by atoms with E-state index in [9.17, 15) is 22.4 Å². The van der Waals surface area contributed by atoms with E-state index in [1.54, 1.807) is 0 Å². The van der Waals surface area contributed by atoms with Gasteiger partial charge in [0.25, 0.3) is 5.91 Å². The Bertz CT molecular complexity index is 690. The van der Waals surface area contributed by atoms with Crippen molar-refractivity contribution in [3.8, 4) is 0 Å². The van der Waals surface area contributed by atoms with Gasteiger partial charge in [-0.2, -0.15) is 0 Å². The molecule has 0 atom stereocenters. The normalized spacial score (nSPS) is 10.4. The number of hydrogen-bond acceptors (Lipinski definition) is 1. The second kappa shape index (κ2) is 5.50. The summed E-state index contributed by atoms with van der Waals surface area (Å²) >= 11 is 5.60. The number of halogens is 5. The van der Waals surface area contributed by atoms with Crippen LogP contribution in [0.25, 0.3) is 0 Å². The van der Waals surface area contributed by atoms with Gasteiger partial charge < -0.3 is 5.32 Å². The molecule has 0 aromatic heterocycles. The molecule has 2 aromatic carbocycles. The van der Waals surface area contributed by atoms with Crippen molar-refractivity contribution in [2.75, 3.05) is 5.32 Å². The van der Waals surface area contributed by atoms with Gasteiger partial charge in [0, 0.05) is 6.07 Å². The fourth-order valence-corrected chi connectivity index (χ4v) is 1.72. The highest BCUT2D eigenvalue weighted by molar-refractivity contribution is 6.34. The van der Waals surface area contributed by atoms with E-state index in [0.29, 0.717) is 12.1 Å². The van der Waals surface area contributed by atoms with Gasteiger partial charge in [0.05, 0.1) is 16.3 Å². The van der Waals surface area contributed by atoms with Gasteiger partial charge in [0.2, 0.25) is 0 Å². The topological polar surface area (TPSA) is 29.1 Å². The summed E-state index contributed by atoms with van der Waals surface area (Å²) in [6.07, 6.45) is 0. The molecule has 7 heteroatoms. The van der Waals surface area contributed by atoms with Crippen LogP contribution < -0.4 is 5.32 Å². The number of benzene rings is 2. The fourth-order valence-electron chi connectivity index (χ4n) is 1.48. The van der Waals surface area contributed by atoms with Crippen LogP contribution in [0.15, 0.2) is 30.3 Å². The Labute approximate surface area is 116 Å². The first-order valence-electron chi connectivity index (χ1n) is 5.29. The van der Waals surface area contributed by atoms with Crippen LogP contribution in [-0.4, -0.2) is 5.91 Å². The predicted octanol–water partition coefficient (Wildman–Crippen LogP) is 4.15. The molecular weight excluding hydrogens is 298 g/mol. The van der Waals surface area contributed by atoms with E-state index in [0.717, 1.165) is 18.2 Å². The minimum absolute atomic E-state index is 0.349. The lowest BCUT2D eigenvalue weighted by Gasteiger charge is -2.08. The third-order valence-corrected chi connectivity index (χ3v) is 2.74. The smallest absolute Gasteiger partial charge is 0.257 e. The number of hydrogen-bond donors (Lipinski definition) is 1. The Hall–Kier alpha value is -2.08. The van der Waals surface area contributed by atoms with Crippen molar-refractivity contribution in [2.24, 2.45) is 0 Å². The summed E-state index contributed by atoms with van der Waals surface area (Å²) < 4.78 is 52.2. The van der Waals surface area contributed by atoms with Crippen LogP contribution in [0.5, 0.6) is 0 Å². The van der Waals surface area contributed by atoms with Crippen molar-refractivity contribution in [1.29, 1.82) is 0 Å². The Morgan fingerprint density at radius 2 is 1.60 bits per heavy atom. The number of amides is 1. The van der Waals surface area contributed by atoms with Gasteiger partial charge in [0.1, 0.15) is 11.6 Å². The molecule has 0 radical (unpaired) electrons. The average Bonchev–Trinajstić information content (AvgIpc) is 2.38. The summed E-state index contributed by atoms with van der Waals surface area (Å²) in [5, 5.41) is 1.68. The molecule has 20 heavy (non-hydrogen) atoms. The van der Waals surface area contributed by atoms with Crippen LogP contribution in [-0.2, 0) is 0 Å². The van der Waals surface area contributed by atoms with Gasteiger partial charge in [-0.3, -0.25) is 4.79 Å². The zero-order valence-electron chi connectivity index (χ0n) is 9.68. The number of carbonyl (C=O) groups excluding carboxylic acids is 1. The van der Waals surface area contributed by atoms with Crippen molar-refractivity contribution in [3.63, 3.8) is 0 Å². The highest BCUT2D eigenvalue weighted by Gasteiger charge is 2.16. The molecule has 0 saturated carbocycles. The Morgan fingerprint density at radius 1 is 0.950 bits per heavy atom. The summed E-state index contributed by atoms with van der Waals surface area (Å²) in [5.74, 6) is -5.13. The van der Waals surface area contributed by atoms with Crippen molar-refractivity contribution >= 4 is 23.2 Å². The van der Waals surface area contributed by atoms with Crippen LogP contribution in [0.4, 0.5) is 23.2 Å². The van der Waals surface area contributed by atoms with E-state index in [1.165, 1.54) is 0 Å². The zero-order chi connectivity index (χ0) is 14.9. The largest absolute Gasteiger partial charge is 0.319 e. The van der Waals surface area contributed by atoms with Gasteiger partial charge in [-0.1, -0.05) is 11.6 Å². The molecule has 0 heterocycles. The second-order valence-electron chi connectivity index (χ2n) is 3.82. The molecule has 0 saturated heterocycles. The van der Waals surface area contributed by atoms with Crippen LogP contribution in [0, 0.1) is 23.3 Å². The van der Waals surface area contributed by atoms with Crippen molar-refractivity contribution in [2.45, 2.75) is 0 Å². The minimum Gasteiger partial charge on any atom is -0.319 e. The summed E-state index contributed by atoms with van der Waals surface area (Å²) in [7, 11) is 0. The molecular formula is C13H6ClF4NO. The van der Waals surface area contributed by atoms with Gasteiger partial charge in [0.15, 0.2) is 11.6 Å². The first-order valence-corrected chi connectivity index (χ1v) is 5.67. The molecule has 0 aliphatic rings. The van der Waals surface area contributed by atoms with E-state index in [1.807, 2.05) is 5.32 Å². The number of nitrogens with one attached hydrogen (secondary N) is 1. The average molecular weight is 304 g/mol. The third kappa shape index (κ3) is 2.91. The maximum absolute atomic E-state index is 13.3. The van der Waals surface area contributed by atoms with Crippen LogP contribution in [0.2, 0.25) is 5.02 Å². The summed E-state index contributed by atoms with van der Waals surface area (Å²) in [6.45, 7) is 0. The van der Waals surface area contributed by atoms with E-state index >= 15 is 0 Å². The molecule has 0 bridgehead atoms. The molecule has 2 aromatic rings. The van der Waals surface area contributed by atoms with Crippen LogP contribution in [0.3, 0.4) is 0 Å². The minimum atomic E-state index is -1.28. The SMILES string of the molecule is O=C(Nc1cc(F)ccc1F)c1cc(F)c(F)cc1Cl. The first-order chi connectivity index (χ1) is 9.38. The first kappa shape index (κ1) is 14.3. The Balaban J connectivity index is 2.33. The predicted molar refractivity (Wildman–Crippen MR) is 65.7 cm³/mol. The highest BCUT2D eigenvalue weighted by Crippen LogP contribution is 2.22. The number of anilines is 1. The Kier molecular flexibility index (Phi) is 3.94. The third-order valence-electron chi connectivity index (χ3n) is 2.43. The van der Waals surface area contributed by atoms with E-state index in [4.69, 9.17) is 11.6 Å². The Morgan fingerprint density at radius 3 is 2.30 bits per heavy atom. The lowest BCUT2D eigenvalue weighted by Crippen LogP contribution is -2.14. The fraction of sp³-hybridized carbons (Fsp3) is 0. The van der Waals surface area contributed by atoms with Gasteiger partial charge in [-0.15, -0.1) is 0 Å². The number of carbonyl (C=O) groups is 1. The summed E-state index contributed by atoms with van der Waals surface area (Å²) in [5.41, 5.74) is -0.829. The lowest BCUT2D eigenvalue weighted by molar-refractivity contribution is 0.102. The zero-order valence-corrected chi connectivity index (χ0v) is 10.4. The van der Waals surface area contributed by atoms with E-state index in [-0.39, 0.29) is 5.02 Å². The molecule has 0 aliphatic heterocycles. The molecule has 1 N–H and O–H groups in total. The molecule has 1 amide bonds. The lowest BCUT2D eigenvalue weighted by atomic mass is 10.2. The van der Waals surface area contributed by atoms with Crippen molar-refractivity contribution < 1.29 is 22.4 Å². The van der Waals surface area contributed by atoms with E-state index < -0.39 is 40.4 Å². The molecule has 0 fully saturated rings. The molecule has 0 aliphatic carbocycles. The molecule has 2 nitrogen and oxygen atoms in total. The van der Waals surface area contributed by atoms with Crippen molar-refractivity contribution in [3.05, 3.63) is 64.2 Å². The van der Waals surface area contributed by atoms with Gasteiger partial charge >= 0.3 is 0 Å². The van der Waals surface area contributed by atoms with Crippen molar-refractivity contribution in [1.82, 2.24) is 0 Å². The van der Waals surface area contributed by atoms with Crippen LogP contribution in [0.1, 0.15) is 10.4 Å². The maximum Gasteiger partial charge on any atom is 0.257 e. The molecule has 0 unspecified atom stereocenters. The van der Waals surface area contributed by atoms with Crippen LogP contribution >= 0.6 is 11.6 Å². The second-order valence-corrected chi connectivity index (χ2v) is 4.23. The molecule has 2 rings (SSSR count). The summed E-state index contributed by atoms with van der Waals surface area (Å²) in [6, 6.07) is 3.63. The summed E-state index contributed by atoms with van der Waals surface area (Å²) in [4.78, 5) is 11.8. The standard InChI is InChI=1S/C13H6ClF4NO/c14-8-5-11(18)10(17)4-7(8)13(20)19-12-3-6(15)1-2-9(12)16/h1-5H,(H,19,20). The van der Waals surface area contributed by atoms with Gasteiger partial charge in [-0.25, -0.2) is 17.6 Å². The molecule has 104 valence electrons. The quantitative estimate of drug-likeness (QED) is 0.655. The highest BCUT2D eigenvalue weighted by atomic mass is 35.5.